The first-order chi connectivity index (χ1) is 10.0. The average Bonchev–Trinajstić information content (AvgIpc) is 2.71. The highest BCUT2D eigenvalue weighted by Gasteiger charge is 2.42. The number of nitrogens with one attached hydrogen (secondary N) is 1. The van der Waals surface area contributed by atoms with E-state index in [-0.39, 0.29) is 30.2 Å². The third-order valence-corrected chi connectivity index (χ3v) is 4.86. The third-order valence-electron chi connectivity index (χ3n) is 4.14. The molecule has 6 heteroatoms. The summed E-state index contributed by atoms with van der Waals surface area (Å²) in [6.07, 6.45) is 2.63. The van der Waals surface area contributed by atoms with Gasteiger partial charge in [-0.05, 0) is 37.3 Å². The van der Waals surface area contributed by atoms with Crippen molar-refractivity contribution in [2.75, 3.05) is 6.26 Å². The van der Waals surface area contributed by atoms with E-state index in [4.69, 9.17) is 0 Å². The van der Waals surface area contributed by atoms with Crippen molar-refractivity contribution in [1.29, 1.82) is 0 Å². The van der Waals surface area contributed by atoms with Gasteiger partial charge >= 0.3 is 0 Å². The number of benzene rings is 1. The maximum absolute atomic E-state index is 12.7. The summed E-state index contributed by atoms with van der Waals surface area (Å²) < 4.78 is 0. The fraction of sp³-hybridized carbons (Fsp3) is 0.400. The number of nitrogens with zero attached hydrogens (tertiary/aromatic N) is 1. The lowest BCUT2D eigenvalue weighted by molar-refractivity contribution is -0.137. The van der Waals surface area contributed by atoms with Gasteiger partial charge in [-0.2, -0.15) is 0 Å². The summed E-state index contributed by atoms with van der Waals surface area (Å²) in [7, 11) is 0. The molecule has 3 amide bonds. The maximum Gasteiger partial charge on any atom is 0.255 e. The van der Waals surface area contributed by atoms with Crippen molar-refractivity contribution in [2.24, 2.45) is 0 Å². The summed E-state index contributed by atoms with van der Waals surface area (Å²) in [5, 5.41) is 2.32. The van der Waals surface area contributed by atoms with Gasteiger partial charge in [0, 0.05) is 16.9 Å². The first kappa shape index (κ1) is 14.1. The molecule has 2 heterocycles. The van der Waals surface area contributed by atoms with Gasteiger partial charge < -0.3 is 4.90 Å². The molecule has 1 fully saturated rings. The van der Waals surface area contributed by atoms with Crippen molar-refractivity contribution in [1.82, 2.24) is 10.2 Å². The summed E-state index contributed by atoms with van der Waals surface area (Å²) in [4.78, 5) is 38.6. The molecule has 1 N–H and O–H groups in total. The fourth-order valence-corrected chi connectivity index (χ4v) is 3.48. The second-order valence-corrected chi connectivity index (χ2v) is 6.19. The molecule has 0 spiro atoms. The molecule has 0 bridgehead atoms. The van der Waals surface area contributed by atoms with Crippen LogP contribution in [0, 0.1) is 0 Å². The third kappa shape index (κ3) is 2.23. The molecule has 0 aliphatic carbocycles. The normalized spacial score (nSPS) is 25.0. The van der Waals surface area contributed by atoms with Crippen molar-refractivity contribution in [3.05, 3.63) is 29.3 Å². The Morgan fingerprint density at radius 1 is 1.29 bits per heavy atom. The molecule has 0 saturated carbocycles. The van der Waals surface area contributed by atoms with Crippen LogP contribution < -0.4 is 5.32 Å². The number of amides is 3. The first-order valence-electron chi connectivity index (χ1n) is 6.87. The van der Waals surface area contributed by atoms with Gasteiger partial charge in [0.2, 0.25) is 11.8 Å². The number of carbonyl (C=O) groups is 3. The van der Waals surface area contributed by atoms with Crippen molar-refractivity contribution >= 4 is 29.5 Å². The lowest BCUT2D eigenvalue weighted by Crippen LogP contribution is -2.53. The molecule has 2 atom stereocenters. The van der Waals surface area contributed by atoms with Gasteiger partial charge in [0.05, 0.1) is 6.04 Å². The Kier molecular flexibility index (Phi) is 3.49. The molecule has 0 radical (unpaired) electrons. The van der Waals surface area contributed by atoms with Crippen molar-refractivity contribution < 1.29 is 14.4 Å². The second kappa shape index (κ2) is 5.18. The Balaban J connectivity index is 1.94. The molecule has 1 saturated heterocycles. The minimum absolute atomic E-state index is 0.122. The van der Waals surface area contributed by atoms with Crippen LogP contribution in [-0.4, -0.2) is 34.9 Å². The molecule has 1 aromatic carbocycles. The Labute approximate surface area is 127 Å². The van der Waals surface area contributed by atoms with Crippen LogP contribution >= 0.6 is 11.8 Å². The summed E-state index contributed by atoms with van der Waals surface area (Å²) in [5.74, 6) is -0.759. The number of hydrogen-bond donors (Lipinski definition) is 1. The zero-order valence-corrected chi connectivity index (χ0v) is 12.7. The topological polar surface area (TPSA) is 66.5 Å². The number of rotatable bonds is 2. The highest BCUT2D eigenvalue weighted by molar-refractivity contribution is 7.98. The van der Waals surface area contributed by atoms with Gasteiger partial charge in [0.25, 0.3) is 5.91 Å². The minimum atomic E-state index is -0.560. The van der Waals surface area contributed by atoms with Gasteiger partial charge in [0.15, 0.2) is 0 Å². The van der Waals surface area contributed by atoms with Crippen molar-refractivity contribution in [3.8, 4) is 0 Å². The number of hydrogen-bond acceptors (Lipinski definition) is 4. The fourth-order valence-electron chi connectivity index (χ4n) is 3.04. The van der Waals surface area contributed by atoms with E-state index in [0.717, 1.165) is 10.5 Å². The first-order valence-corrected chi connectivity index (χ1v) is 8.09. The molecule has 110 valence electrons. The molecule has 3 rings (SSSR count). The van der Waals surface area contributed by atoms with Crippen molar-refractivity contribution in [3.63, 3.8) is 0 Å². The number of imide groups is 1. The standard InChI is InChI=1S/C15H16N2O3S/c1-8-10-4-3-9(21-2)7-11(10)15(20)17(8)12-5-6-13(18)16-14(12)19/h3-4,7-8,12H,5-6H2,1-2H3,(H,16,18,19). The molecule has 2 unspecified atom stereocenters. The summed E-state index contributed by atoms with van der Waals surface area (Å²) in [6.45, 7) is 1.92. The van der Waals surface area contributed by atoms with Gasteiger partial charge in [-0.3, -0.25) is 19.7 Å². The summed E-state index contributed by atoms with van der Waals surface area (Å²) in [6, 6.07) is 5.12. The minimum Gasteiger partial charge on any atom is -0.320 e. The SMILES string of the molecule is CSc1ccc2c(c1)C(=O)N(C1CCC(=O)NC1=O)C2C. The Bertz CT molecular complexity index is 644. The zero-order chi connectivity index (χ0) is 15.1. The molecule has 2 aliphatic heterocycles. The van der Waals surface area contributed by atoms with E-state index < -0.39 is 6.04 Å². The van der Waals surface area contributed by atoms with Crippen LogP contribution in [0.4, 0.5) is 0 Å². The van der Waals surface area contributed by atoms with Crippen LogP contribution in [0.3, 0.4) is 0 Å². The van der Waals surface area contributed by atoms with Crippen LogP contribution in [0.15, 0.2) is 23.1 Å². The maximum atomic E-state index is 12.7. The Hall–Kier alpha value is -1.82. The zero-order valence-electron chi connectivity index (χ0n) is 11.9. The Morgan fingerprint density at radius 2 is 2.05 bits per heavy atom. The number of thioether (sulfide) groups is 1. The van der Waals surface area contributed by atoms with E-state index in [1.54, 1.807) is 16.7 Å². The monoisotopic (exact) mass is 304 g/mol. The highest BCUT2D eigenvalue weighted by Crippen LogP contribution is 2.37. The second-order valence-electron chi connectivity index (χ2n) is 5.31. The number of piperidine rings is 1. The van der Waals surface area contributed by atoms with Crippen LogP contribution in [0.25, 0.3) is 0 Å². The molecule has 0 aromatic heterocycles. The van der Waals surface area contributed by atoms with E-state index in [2.05, 4.69) is 5.32 Å². The van der Waals surface area contributed by atoms with E-state index in [9.17, 15) is 14.4 Å². The van der Waals surface area contributed by atoms with Gasteiger partial charge in [0.1, 0.15) is 6.04 Å². The van der Waals surface area contributed by atoms with Crippen molar-refractivity contribution in [2.45, 2.75) is 36.7 Å². The van der Waals surface area contributed by atoms with Gasteiger partial charge in [-0.15, -0.1) is 11.8 Å². The summed E-state index contributed by atoms with van der Waals surface area (Å²) >= 11 is 1.58. The quantitative estimate of drug-likeness (QED) is 0.667. The predicted octanol–water partition coefficient (Wildman–Crippen LogP) is 1.73. The van der Waals surface area contributed by atoms with Crippen LogP contribution in [0.2, 0.25) is 0 Å². The smallest absolute Gasteiger partial charge is 0.255 e. The summed E-state index contributed by atoms with van der Waals surface area (Å²) in [5.41, 5.74) is 1.61. The molecule has 2 aliphatic rings. The Morgan fingerprint density at radius 3 is 2.71 bits per heavy atom. The average molecular weight is 304 g/mol. The van der Waals surface area contributed by atoms with E-state index in [1.807, 2.05) is 31.4 Å². The molecule has 5 nitrogen and oxygen atoms in total. The van der Waals surface area contributed by atoms with Gasteiger partial charge in [-0.1, -0.05) is 6.07 Å². The predicted molar refractivity (Wildman–Crippen MR) is 79.0 cm³/mol. The lowest BCUT2D eigenvalue weighted by Gasteiger charge is -2.32. The molecular formula is C15H16N2O3S. The molecular weight excluding hydrogens is 288 g/mol. The van der Waals surface area contributed by atoms with E-state index in [1.165, 1.54) is 0 Å². The highest BCUT2D eigenvalue weighted by atomic mass is 32.2. The largest absolute Gasteiger partial charge is 0.320 e. The number of fused-ring (bicyclic) bond motifs is 1. The van der Waals surface area contributed by atoms with Gasteiger partial charge in [-0.25, -0.2) is 0 Å². The lowest BCUT2D eigenvalue weighted by atomic mass is 10.0. The van der Waals surface area contributed by atoms with E-state index in [0.29, 0.717) is 12.0 Å². The van der Waals surface area contributed by atoms with E-state index >= 15 is 0 Å². The van der Waals surface area contributed by atoms with Crippen LogP contribution in [-0.2, 0) is 9.59 Å². The number of carbonyl (C=O) groups excluding carboxylic acids is 3. The van der Waals surface area contributed by atoms with Crippen LogP contribution in [0.1, 0.15) is 41.7 Å². The molecule has 21 heavy (non-hydrogen) atoms. The van der Waals surface area contributed by atoms with Crippen LogP contribution in [0.5, 0.6) is 0 Å². The molecule has 1 aromatic rings.